The van der Waals surface area contributed by atoms with Gasteiger partial charge in [0.05, 0.1) is 6.54 Å². The molecule has 0 aromatic rings. The third-order valence-corrected chi connectivity index (χ3v) is 4.95. The van der Waals surface area contributed by atoms with Gasteiger partial charge in [-0.05, 0) is 41.8 Å². The number of rotatable bonds is 8. The first-order valence-electron chi connectivity index (χ1n) is 6.81. The molecule has 0 N–H and O–H groups in total. The Morgan fingerprint density at radius 2 is 1.35 bits per heavy atom. The molecule has 0 radical (unpaired) electrons. The zero-order valence-electron chi connectivity index (χ0n) is 13.8. The van der Waals surface area contributed by atoms with Crippen LogP contribution >= 0.6 is 0 Å². The summed E-state index contributed by atoms with van der Waals surface area (Å²) in [7, 11) is 1.82. The highest BCUT2D eigenvalue weighted by Crippen LogP contribution is 2.03. The quantitative estimate of drug-likeness (QED) is 0.652. The van der Waals surface area contributed by atoms with Gasteiger partial charge >= 0.3 is 0 Å². The maximum atomic E-state index is 12.0. The van der Waals surface area contributed by atoms with E-state index in [1.54, 1.807) is 11.9 Å². The molecule has 0 rings (SSSR count). The summed E-state index contributed by atoms with van der Waals surface area (Å²) in [6.45, 7) is 8.07. The second kappa shape index (κ2) is 7.95. The Kier molecular flexibility index (Phi) is 7.69. The molecule has 6 nitrogen and oxygen atoms in total. The Hall–Kier alpha value is -0.660. The van der Waals surface area contributed by atoms with Gasteiger partial charge in [0.15, 0.2) is 9.84 Å². The summed E-state index contributed by atoms with van der Waals surface area (Å²) in [6, 6.07) is 0.397. The van der Waals surface area contributed by atoms with Crippen LogP contribution in [0.3, 0.4) is 0 Å². The second-order valence-corrected chi connectivity index (χ2v) is 7.96. The zero-order chi connectivity index (χ0) is 16.1. The Bertz CT molecular complexity index is 407. The molecule has 0 saturated heterocycles. The van der Waals surface area contributed by atoms with Crippen LogP contribution in [0, 0.1) is 0 Å². The molecule has 0 fully saturated rings. The Morgan fingerprint density at radius 1 is 0.900 bits per heavy atom. The summed E-state index contributed by atoms with van der Waals surface area (Å²) in [5.74, 6) is -0.464. The maximum Gasteiger partial charge on any atom is 0.237 e. The van der Waals surface area contributed by atoms with Gasteiger partial charge in [-0.2, -0.15) is 0 Å². The van der Waals surface area contributed by atoms with Crippen molar-refractivity contribution in [1.82, 2.24) is 14.7 Å². The summed E-state index contributed by atoms with van der Waals surface area (Å²) < 4.78 is 24.1. The fourth-order valence-corrected chi connectivity index (χ4v) is 3.12. The molecule has 0 saturated carbocycles. The van der Waals surface area contributed by atoms with Crippen LogP contribution < -0.4 is 0 Å². The SMILES string of the molecule is CC(C)N(C)CC(=O)N(C)CS(=O)(=O)CN(C)C(C)C. The molecular formula is C13H29N3O3S. The lowest BCUT2D eigenvalue weighted by Crippen LogP contribution is -2.43. The molecule has 0 atom stereocenters. The fraction of sp³-hybridized carbons (Fsp3) is 0.923. The summed E-state index contributed by atoms with van der Waals surface area (Å²) >= 11 is 0. The summed E-state index contributed by atoms with van der Waals surface area (Å²) in [5.41, 5.74) is 0. The summed E-state index contributed by atoms with van der Waals surface area (Å²) in [5, 5.41) is 0. The third-order valence-electron chi connectivity index (χ3n) is 3.36. The number of likely N-dealkylation sites (N-methyl/N-ethyl adjacent to an activating group) is 2. The van der Waals surface area contributed by atoms with Crippen LogP contribution in [-0.4, -0.2) is 80.5 Å². The molecule has 0 aliphatic heterocycles. The lowest BCUT2D eigenvalue weighted by atomic mass is 10.3. The average molecular weight is 307 g/mol. The maximum absolute atomic E-state index is 12.0. The van der Waals surface area contributed by atoms with Gasteiger partial charge in [-0.15, -0.1) is 0 Å². The molecule has 0 aromatic heterocycles. The Labute approximate surface area is 123 Å². The number of carbonyl (C=O) groups excluding carboxylic acids is 1. The lowest BCUT2D eigenvalue weighted by Gasteiger charge is -2.26. The molecule has 0 unspecified atom stereocenters. The molecule has 0 heterocycles. The van der Waals surface area contributed by atoms with E-state index >= 15 is 0 Å². The summed E-state index contributed by atoms with van der Waals surface area (Å²) in [6.07, 6.45) is 0. The second-order valence-electron chi connectivity index (χ2n) is 5.95. The van der Waals surface area contributed by atoms with Crippen LogP contribution in [0.1, 0.15) is 27.7 Å². The van der Waals surface area contributed by atoms with Gasteiger partial charge in [-0.3, -0.25) is 14.6 Å². The van der Waals surface area contributed by atoms with Gasteiger partial charge in [-0.1, -0.05) is 0 Å². The van der Waals surface area contributed by atoms with Crippen molar-refractivity contribution in [3.8, 4) is 0 Å². The van der Waals surface area contributed by atoms with Crippen molar-refractivity contribution in [3.05, 3.63) is 0 Å². The minimum Gasteiger partial charge on any atom is -0.330 e. The Morgan fingerprint density at radius 3 is 1.75 bits per heavy atom. The van der Waals surface area contributed by atoms with Crippen molar-refractivity contribution < 1.29 is 13.2 Å². The third kappa shape index (κ3) is 7.21. The largest absolute Gasteiger partial charge is 0.330 e. The lowest BCUT2D eigenvalue weighted by molar-refractivity contribution is -0.130. The van der Waals surface area contributed by atoms with Gasteiger partial charge in [0.1, 0.15) is 11.8 Å². The van der Waals surface area contributed by atoms with E-state index in [0.29, 0.717) is 0 Å². The number of carbonyl (C=O) groups is 1. The number of sulfone groups is 1. The molecule has 0 aliphatic rings. The van der Waals surface area contributed by atoms with E-state index in [2.05, 4.69) is 0 Å². The van der Waals surface area contributed by atoms with Crippen molar-refractivity contribution in [1.29, 1.82) is 0 Å². The van der Waals surface area contributed by atoms with Crippen LogP contribution in [0.4, 0.5) is 0 Å². The molecule has 0 aromatic carbocycles. The van der Waals surface area contributed by atoms with Gasteiger partial charge < -0.3 is 4.90 Å². The van der Waals surface area contributed by atoms with Gasteiger partial charge in [0.2, 0.25) is 5.91 Å². The van der Waals surface area contributed by atoms with Crippen LogP contribution in [0.15, 0.2) is 0 Å². The van der Waals surface area contributed by atoms with Crippen molar-refractivity contribution in [2.45, 2.75) is 39.8 Å². The van der Waals surface area contributed by atoms with Crippen LogP contribution in [0.2, 0.25) is 0 Å². The van der Waals surface area contributed by atoms with Crippen molar-refractivity contribution >= 4 is 15.7 Å². The van der Waals surface area contributed by atoms with Crippen LogP contribution in [-0.2, 0) is 14.6 Å². The highest BCUT2D eigenvalue weighted by Gasteiger charge is 2.22. The highest BCUT2D eigenvalue weighted by atomic mass is 32.2. The normalized spacial score (nSPS) is 12.8. The minimum atomic E-state index is -3.31. The molecule has 20 heavy (non-hydrogen) atoms. The van der Waals surface area contributed by atoms with E-state index in [1.807, 2.05) is 39.6 Å². The van der Waals surface area contributed by atoms with Crippen LogP contribution in [0.5, 0.6) is 0 Å². The van der Waals surface area contributed by atoms with E-state index in [9.17, 15) is 13.2 Å². The molecule has 0 aliphatic carbocycles. The average Bonchev–Trinajstić information content (AvgIpc) is 2.26. The minimum absolute atomic E-state index is 0.0394. The van der Waals surface area contributed by atoms with E-state index in [1.165, 1.54) is 11.9 Å². The number of hydrogen-bond donors (Lipinski definition) is 0. The van der Waals surface area contributed by atoms with Gasteiger partial charge in [0, 0.05) is 19.1 Å². The predicted molar refractivity (Wildman–Crippen MR) is 82.1 cm³/mol. The van der Waals surface area contributed by atoms with Crippen molar-refractivity contribution in [2.24, 2.45) is 0 Å². The topological polar surface area (TPSA) is 60.9 Å². The smallest absolute Gasteiger partial charge is 0.237 e. The van der Waals surface area contributed by atoms with E-state index in [4.69, 9.17) is 0 Å². The van der Waals surface area contributed by atoms with Crippen molar-refractivity contribution in [3.63, 3.8) is 0 Å². The van der Waals surface area contributed by atoms with Gasteiger partial charge in [0.25, 0.3) is 0 Å². The molecule has 7 heteroatoms. The van der Waals surface area contributed by atoms with Gasteiger partial charge in [-0.25, -0.2) is 8.42 Å². The van der Waals surface area contributed by atoms with Crippen molar-refractivity contribution in [2.75, 3.05) is 39.4 Å². The zero-order valence-corrected chi connectivity index (χ0v) is 14.6. The first kappa shape index (κ1) is 19.3. The van der Waals surface area contributed by atoms with E-state index < -0.39 is 9.84 Å². The first-order valence-corrected chi connectivity index (χ1v) is 8.63. The number of hydrogen-bond acceptors (Lipinski definition) is 5. The molecular weight excluding hydrogens is 278 g/mol. The predicted octanol–water partition coefficient (Wildman–Crippen LogP) is 0.455. The number of amides is 1. The molecule has 120 valence electrons. The highest BCUT2D eigenvalue weighted by molar-refractivity contribution is 7.91. The number of nitrogens with zero attached hydrogens (tertiary/aromatic N) is 3. The molecule has 1 amide bonds. The summed E-state index contributed by atoms with van der Waals surface area (Å²) in [4.78, 5) is 16.9. The van der Waals surface area contributed by atoms with E-state index in [0.717, 1.165) is 0 Å². The molecule has 0 spiro atoms. The monoisotopic (exact) mass is 307 g/mol. The standard InChI is InChI=1S/C13H29N3O3S/c1-11(2)14(5)8-13(17)16(7)10-20(18,19)9-15(6)12(3)4/h11-12H,8-10H2,1-7H3. The first-order chi connectivity index (χ1) is 8.96. The molecule has 0 bridgehead atoms. The van der Waals surface area contributed by atoms with Crippen LogP contribution in [0.25, 0.3) is 0 Å². The fourth-order valence-electron chi connectivity index (χ4n) is 1.38. The Balaban J connectivity index is 4.51. The van der Waals surface area contributed by atoms with E-state index in [-0.39, 0.29) is 36.3 Å².